The van der Waals surface area contributed by atoms with Crippen molar-refractivity contribution in [1.82, 2.24) is 9.62 Å². The lowest BCUT2D eigenvalue weighted by Gasteiger charge is -2.26. The summed E-state index contributed by atoms with van der Waals surface area (Å²) in [5.41, 5.74) is 4.89. The van der Waals surface area contributed by atoms with Crippen LogP contribution in [0, 0.1) is 0 Å². The highest BCUT2D eigenvalue weighted by atomic mass is 32.2. The number of sulfonamides is 1. The van der Waals surface area contributed by atoms with Crippen molar-refractivity contribution in [3.8, 4) is 11.1 Å². The van der Waals surface area contributed by atoms with Gasteiger partial charge in [-0.3, -0.25) is 4.79 Å². The predicted molar refractivity (Wildman–Crippen MR) is 129 cm³/mol. The molecule has 1 fully saturated rings. The van der Waals surface area contributed by atoms with E-state index in [1.807, 2.05) is 48.5 Å². The Morgan fingerprint density at radius 2 is 1.61 bits per heavy atom. The normalized spacial score (nSPS) is 18.6. The molecule has 1 saturated heterocycles. The number of nitrogens with zero attached hydrogens (tertiary/aromatic N) is 1. The second-order valence-corrected chi connectivity index (χ2v) is 10.8. The van der Waals surface area contributed by atoms with Crippen LogP contribution in [-0.2, 0) is 16.4 Å². The Morgan fingerprint density at radius 3 is 2.39 bits per heavy atom. The van der Waals surface area contributed by atoms with Crippen LogP contribution >= 0.6 is 0 Å². The zero-order valence-electron chi connectivity index (χ0n) is 18.5. The summed E-state index contributed by atoms with van der Waals surface area (Å²) in [6.45, 7) is 1.18. The second kappa shape index (κ2) is 9.12. The minimum Gasteiger partial charge on any atom is -0.345 e. The Balaban J connectivity index is 1.34. The predicted octanol–water partition coefficient (Wildman–Crippen LogP) is 4.95. The Labute approximate surface area is 195 Å². The van der Waals surface area contributed by atoms with Crippen LogP contribution in [0.15, 0.2) is 77.7 Å². The first-order chi connectivity index (χ1) is 16.0. The number of aryl methyl sites for hydroxylation is 1. The molecule has 0 unspecified atom stereocenters. The van der Waals surface area contributed by atoms with E-state index in [0.29, 0.717) is 23.5 Å². The van der Waals surface area contributed by atoms with Gasteiger partial charge < -0.3 is 5.32 Å². The zero-order valence-corrected chi connectivity index (χ0v) is 19.4. The average molecular weight is 461 g/mol. The molecule has 1 heterocycles. The van der Waals surface area contributed by atoms with E-state index in [2.05, 4.69) is 17.4 Å². The number of amides is 1. The summed E-state index contributed by atoms with van der Waals surface area (Å²) in [5, 5.41) is 3.21. The summed E-state index contributed by atoms with van der Waals surface area (Å²) < 4.78 is 27.1. The standard InChI is InChI=1S/C27H28N2O3S/c30-27(28-26-12-6-8-21-7-1-2-11-25(21)26)23-10-5-9-22(19-23)20-13-15-24(16-14-20)33(31,32)29-17-3-4-18-29/h1-2,5,7,9-11,13-16,19,26H,3-4,6,8,12,17-18H2,(H,28,30)/t26-/m0/s1. The van der Waals surface area contributed by atoms with Gasteiger partial charge in [0.25, 0.3) is 5.91 Å². The number of nitrogens with one attached hydrogen (secondary N) is 1. The first-order valence-corrected chi connectivity index (χ1v) is 13.1. The highest BCUT2D eigenvalue weighted by molar-refractivity contribution is 7.89. The number of carbonyl (C=O) groups is 1. The van der Waals surface area contributed by atoms with Crippen LogP contribution in [0.2, 0.25) is 0 Å². The molecule has 1 N–H and O–H groups in total. The molecule has 6 heteroatoms. The summed E-state index contributed by atoms with van der Waals surface area (Å²) >= 11 is 0. The molecule has 1 aliphatic carbocycles. The summed E-state index contributed by atoms with van der Waals surface area (Å²) in [4.78, 5) is 13.4. The van der Waals surface area contributed by atoms with Crippen molar-refractivity contribution in [1.29, 1.82) is 0 Å². The maximum Gasteiger partial charge on any atom is 0.251 e. The molecular weight excluding hydrogens is 432 g/mol. The molecule has 0 bridgehead atoms. The van der Waals surface area contributed by atoms with Crippen LogP contribution in [0.25, 0.3) is 11.1 Å². The van der Waals surface area contributed by atoms with Crippen molar-refractivity contribution in [3.63, 3.8) is 0 Å². The Bertz CT molecular complexity index is 1260. The maximum absolute atomic E-state index is 13.0. The third-order valence-electron chi connectivity index (χ3n) is 6.69. The van der Waals surface area contributed by atoms with Gasteiger partial charge in [-0.1, -0.05) is 48.5 Å². The van der Waals surface area contributed by atoms with Crippen molar-refractivity contribution in [3.05, 3.63) is 89.5 Å². The van der Waals surface area contributed by atoms with Gasteiger partial charge in [0.15, 0.2) is 0 Å². The third kappa shape index (κ3) is 4.45. The van der Waals surface area contributed by atoms with Gasteiger partial charge in [0.2, 0.25) is 10.0 Å². The average Bonchev–Trinajstić information content (AvgIpc) is 3.41. The van der Waals surface area contributed by atoms with Crippen LogP contribution in [0.3, 0.4) is 0 Å². The van der Waals surface area contributed by atoms with Gasteiger partial charge in [0.1, 0.15) is 0 Å². The summed E-state index contributed by atoms with van der Waals surface area (Å²) in [6, 6.07) is 22.8. The van der Waals surface area contributed by atoms with Crippen LogP contribution < -0.4 is 5.32 Å². The Morgan fingerprint density at radius 1 is 0.848 bits per heavy atom. The van der Waals surface area contributed by atoms with E-state index in [1.165, 1.54) is 11.1 Å². The number of hydrogen-bond acceptors (Lipinski definition) is 3. The van der Waals surface area contributed by atoms with E-state index in [0.717, 1.165) is 43.2 Å². The molecule has 1 atom stereocenters. The maximum atomic E-state index is 13.0. The smallest absolute Gasteiger partial charge is 0.251 e. The zero-order chi connectivity index (χ0) is 22.8. The molecule has 0 radical (unpaired) electrons. The van der Waals surface area contributed by atoms with Gasteiger partial charge in [-0.05, 0) is 78.6 Å². The first-order valence-electron chi connectivity index (χ1n) is 11.6. The summed E-state index contributed by atoms with van der Waals surface area (Å²) in [6.07, 6.45) is 4.89. The van der Waals surface area contributed by atoms with Gasteiger partial charge in [-0.25, -0.2) is 8.42 Å². The van der Waals surface area contributed by atoms with Crippen LogP contribution in [0.1, 0.15) is 53.2 Å². The minimum absolute atomic E-state index is 0.0289. The molecule has 0 spiro atoms. The number of fused-ring (bicyclic) bond motifs is 1. The molecule has 3 aromatic rings. The van der Waals surface area contributed by atoms with E-state index < -0.39 is 10.0 Å². The largest absolute Gasteiger partial charge is 0.345 e. The van der Waals surface area contributed by atoms with E-state index in [4.69, 9.17) is 0 Å². The first kappa shape index (κ1) is 21.9. The summed E-state index contributed by atoms with van der Waals surface area (Å²) in [7, 11) is -3.43. The topological polar surface area (TPSA) is 66.5 Å². The number of benzene rings is 3. The minimum atomic E-state index is -3.43. The van der Waals surface area contributed by atoms with Crippen LogP contribution in [0.5, 0.6) is 0 Å². The summed E-state index contributed by atoms with van der Waals surface area (Å²) in [5.74, 6) is -0.0909. The lowest BCUT2D eigenvalue weighted by molar-refractivity contribution is 0.0932. The van der Waals surface area contributed by atoms with E-state index >= 15 is 0 Å². The van der Waals surface area contributed by atoms with Crippen molar-refractivity contribution in [2.45, 2.75) is 43.0 Å². The van der Waals surface area contributed by atoms with Crippen LogP contribution in [-0.4, -0.2) is 31.7 Å². The van der Waals surface area contributed by atoms with Gasteiger partial charge >= 0.3 is 0 Å². The van der Waals surface area contributed by atoms with Gasteiger partial charge in [0, 0.05) is 18.7 Å². The van der Waals surface area contributed by atoms with E-state index in [-0.39, 0.29) is 11.9 Å². The fourth-order valence-corrected chi connectivity index (χ4v) is 6.40. The van der Waals surface area contributed by atoms with Crippen molar-refractivity contribution in [2.75, 3.05) is 13.1 Å². The van der Waals surface area contributed by atoms with Gasteiger partial charge in [0.05, 0.1) is 10.9 Å². The number of carbonyl (C=O) groups excluding carboxylic acids is 1. The fraction of sp³-hybridized carbons (Fsp3) is 0.296. The van der Waals surface area contributed by atoms with E-state index in [1.54, 1.807) is 16.4 Å². The monoisotopic (exact) mass is 460 g/mol. The molecular formula is C27H28N2O3S. The quantitative estimate of drug-likeness (QED) is 0.586. The molecule has 1 aliphatic heterocycles. The molecule has 2 aliphatic rings. The number of hydrogen-bond donors (Lipinski definition) is 1. The molecule has 5 rings (SSSR count). The highest BCUT2D eigenvalue weighted by Crippen LogP contribution is 2.30. The van der Waals surface area contributed by atoms with Crippen molar-refractivity contribution in [2.24, 2.45) is 0 Å². The fourth-order valence-electron chi connectivity index (χ4n) is 4.88. The van der Waals surface area contributed by atoms with Gasteiger partial charge in [-0.15, -0.1) is 0 Å². The Kier molecular flexibility index (Phi) is 6.04. The van der Waals surface area contributed by atoms with Crippen LogP contribution in [0.4, 0.5) is 0 Å². The molecule has 33 heavy (non-hydrogen) atoms. The highest BCUT2D eigenvalue weighted by Gasteiger charge is 2.27. The molecule has 1 amide bonds. The van der Waals surface area contributed by atoms with Crippen molar-refractivity contribution >= 4 is 15.9 Å². The van der Waals surface area contributed by atoms with Crippen molar-refractivity contribution < 1.29 is 13.2 Å². The molecule has 3 aromatic carbocycles. The Hall–Kier alpha value is -2.96. The second-order valence-electron chi connectivity index (χ2n) is 8.83. The molecule has 0 saturated carbocycles. The molecule has 170 valence electrons. The lowest BCUT2D eigenvalue weighted by atomic mass is 9.87. The number of rotatable bonds is 5. The molecule has 0 aromatic heterocycles. The lowest BCUT2D eigenvalue weighted by Crippen LogP contribution is -2.30. The molecule has 5 nitrogen and oxygen atoms in total. The third-order valence-corrected chi connectivity index (χ3v) is 8.60. The van der Waals surface area contributed by atoms with E-state index in [9.17, 15) is 13.2 Å². The SMILES string of the molecule is O=C(N[C@H]1CCCc2ccccc21)c1cccc(-c2ccc(S(=O)(=O)N3CCCC3)cc2)c1. The van der Waals surface area contributed by atoms with Gasteiger partial charge in [-0.2, -0.15) is 4.31 Å².